The van der Waals surface area contributed by atoms with Gasteiger partial charge in [-0.15, -0.1) is 6.58 Å². The predicted molar refractivity (Wildman–Crippen MR) is 61.8 cm³/mol. The lowest BCUT2D eigenvalue weighted by atomic mass is 9.97. The summed E-state index contributed by atoms with van der Waals surface area (Å²) in [7, 11) is 0. The Bertz CT molecular complexity index is 294. The van der Waals surface area contributed by atoms with Crippen molar-refractivity contribution >= 4 is 12.0 Å². The monoisotopic (exact) mass is 228 g/mol. The van der Waals surface area contributed by atoms with Crippen molar-refractivity contribution in [3.05, 3.63) is 12.7 Å². The smallest absolute Gasteiger partial charge is 0.408 e. The van der Waals surface area contributed by atoms with E-state index in [-0.39, 0.29) is 6.42 Å². The minimum Gasteiger partial charge on any atom is -0.444 e. The lowest BCUT2D eigenvalue weighted by Crippen LogP contribution is -2.55. The number of hydrogen-bond donors (Lipinski definition) is 2. The fraction of sp³-hybridized carbons (Fsp3) is 0.636. The second-order valence-corrected chi connectivity index (χ2v) is 4.82. The normalized spacial score (nSPS) is 14.8. The number of nitrogens with one attached hydrogen (secondary N) is 1. The Hall–Kier alpha value is -1.52. The minimum absolute atomic E-state index is 0.252. The maximum atomic E-state index is 11.5. The number of rotatable bonds is 4. The van der Waals surface area contributed by atoms with Crippen LogP contribution < -0.4 is 11.1 Å². The van der Waals surface area contributed by atoms with Gasteiger partial charge in [-0.25, -0.2) is 4.79 Å². The molecule has 3 N–H and O–H groups in total. The van der Waals surface area contributed by atoms with Gasteiger partial charge in [-0.3, -0.25) is 4.79 Å². The van der Waals surface area contributed by atoms with E-state index in [2.05, 4.69) is 11.9 Å². The molecule has 2 amide bonds. The third kappa shape index (κ3) is 4.82. The average Bonchev–Trinajstić information content (AvgIpc) is 1.99. The third-order valence-corrected chi connectivity index (χ3v) is 1.87. The molecule has 0 aromatic rings. The van der Waals surface area contributed by atoms with Gasteiger partial charge < -0.3 is 15.8 Å². The van der Waals surface area contributed by atoms with Gasteiger partial charge in [0.1, 0.15) is 11.1 Å². The molecule has 1 unspecified atom stereocenters. The van der Waals surface area contributed by atoms with E-state index in [0.717, 1.165) is 0 Å². The number of nitrogens with two attached hydrogens (primary N) is 1. The fourth-order valence-corrected chi connectivity index (χ4v) is 1.03. The molecule has 0 fully saturated rings. The summed E-state index contributed by atoms with van der Waals surface area (Å²) in [6, 6.07) is 0. The summed E-state index contributed by atoms with van der Waals surface area (Å²) in [5.74, 6) is -0.627. The zero-order chi connectivity index (χ0) is 13.0. The first kappa shape index (κ1) is 14.5. The molecule has 5 heteroatoms. The summed E-state index contributed by atoms with van der Waals surface area (Å²) in [5, 5.41) is 2.44. The zero-order valence-corrected chi connectivity index (χ0v) is 10.3. The summed E-state index contributed by atoms with van der Waals surface area (Å²) in [5.41, 5.74) is 3.44. The molecule has 5 nitrogen and oxygen atoms in total. The first-order valence-electron chi connectivity index (χ1n) is 5.03. The van der Waals surface area contributed by atoms with Crippen molar-refractivity contribution in [1.82, 2.24) is 5.32 Å². The largest absolute Gasteiger partial charge is 0.444 e. The molecule has 0 radical (unpaired) electrons. The van der Waals surface area contributed by atoms with Crippen LogP contribution in [-0.2, 0) is 9.53 Å². The summed E-state index contributed by atoms with van der Waals surface area (Å²) >= 11 is 0. The van der Waals surface area contributed by atoms with Crippen molar-refractivity contribution in [3.63, 3.8) is 0 Å². The van der Waals surface area contributed by atoms with Gasteiger partial charge in [-0.1, -0.05) is 6.08 Å². The van der Waals surface area contributed by atoms with Crippen LogP contribution in [0.2, 0.25) is 0 Å². The fourth-order valence-electron chi connectivity index (χ4n) is 1.03. The highest BCUT2D eigenvalue weighted by Crippen LogP contribution is 2.12. The number of carbonyl (C=O) groups is 2. The lowest BCUT2D eigenvalue weighted by molar-refractivity contribution is -0.123. The number of ether oxygens (including phenoxy) is 1. The van der Waals surface area contributed by atoms with Crippen molar-refractivity contribution in [3.8, 4) is 0 Å². The first-order valence-corrected chi connectivity index (χ1v) is 5.03. The van der Waals surface area contributed by atoms with Crippen LogP contribution in [0.25, 0.3) is 0 Å². The van der Waals surface area contributed by atoms with Gasteiger partial charge in [-0.05, 0) is 34.1 Å². The minimum atomic E-state index is -1.16. The number of carbonyl (C=O) groups excluding carboxylic acids is 2. The standard InChI is InChI=1S/C11H20N2O3/c1-6-7-11(5,8(12)14)13-9(15)16-10(2,3)4/h6H,1,7H2,2-5H3,(H2,12,14)(H,13,15). The average molecular weight is 228 g/mol. The number of alkyl carbamates (subject to hydrolysis) is 1. The van der Waals surface area contributed by atoms with Crippen molar-refractivity contribution < 1.29 is 14.3 Å². The topological polar surface area (TPSA) is 81.4 Å². The van der Waals surface area contributed by atoms with E-state index in [9.17, 15) is 9.59 Å². The van der Waals surface area contributed by atoms with Crippen molar-refractivity contribution in [1.29, 1.82) is 0 Å². The highest BCUT2D eigenvalue weighted by Gasteiger charge is 2.33. The second-order valence-electron chi connectivity index (χ2n) is 4.82. The van der Waals surface area contributed by atoms with Gasteiger partial charge >= 0.3 is 6.09 Å². The van der Waals surface area contributed by atoms with Gasteiger partial charge in [0.15, 0.2) is 0 Å². The van der Waals surface area contributed by atoms with E-state index in [1.165, 1.54) is 13.0 Å². The maximum absolute atomic E-state index is 11.5. The number of hydrogen-bond acceptors (Lipinski definition) is 3. The molecular weight excluding hydrogens is 208 g/mol. The zero-order valence-electron chi connectivity index (χ0n) is 10.3. The van der Waals surface area contributed by atoms with E-state index >= 15 is 0 Å². The molecule has 0 aromatic heterocycles. The number of amides is 2. The summed E-state index contributed by atoms with van der Waals surface area (Å²) in [6.07, 6.45) is 1.10. The Kier molecular flexibility index (Phi) is 4.53. The van der Waals surface area contributed by atoms with Crippen molar-refractivity contribution in [2.45, 2.75) is 45.3 Å². The highest BCUT2D eigenvalue weighted by atomic mass is 16.6. The summed E-state index contributed by atoms with van der Waals surface area (Å²) in [6.45, 7) is 10.3. The van der Waals surface area contributed by atoms with E-state index in [1.807, 2.05) is 0 Å². The molecule has 0 heterocycles. The van der Waals surface area contributed by atoms with E-state index < -0.39 is 23.1 Å². The van der Waals surface area contributed by atoms with Crippen LogP contribution in [-0.4, -0.2) is 23.1 Å². The van der Waals surface area contributed by atoms with Gasteiger partial charge in [0.2, 0.25) is 5.91 Å². The predicted octanol–water partition coefficient (Wildman–Crippen LogP) is 1.33. The van der Waals surface area contributed by atoms with Crippen LogP contribution in [0.15, 0.2) is 12.7 Å². The van der Waals surface area contributed by atoms with Gasteiger partial charge in [0.25, 0.3) is 0 Å². The molecule has 0 bridgehead atoms. The van der Waals surface area contributed by atoms with Crippen LogP contribution in [0.4, 0.5) is 4.79 Å². The Morgan fingerprint density at radius 3 is 2.19 bits per heavy atom. The quantitative estimate of drug-likeness (QED) is 0.712. The summed E-state index contributed by atoms with van der Waals surface area (Å²) in [4.78, 5) is 22.7. The molecule has 0 saturated heterocycles. The highest BCUT2D eigenvalue weighted by molar-refractivity contribution is 5.88. The SMILES string of the molecule is C=CCC(C)(NC(=O)OC(C)(C)C)C(N)=O. The van der Waals surface area contributed by atoms with Gasteiger partial charge in [0.05, 0.1) is 0 Å². The molecular formula is C11H20N2O3. The van der Waals surface area contributed by atoms with E-state index in [1.54, 1.807) is 20.8 Å². The van der Waals surface area contributed by atoms with E-state index in [0.29, 0.717) is 0 Å². The molecule has 92 valence electrons. The molecule has 1 atom stereocenters. The third-order valence-electron chi connectivity index (χ3n) is 1.87. The first-order chi connectivity index (χ1) is 7.10. The Labute approximate surface area is 96.0 Å². The van der Waals surface area contributed by atoms with Crippen LogP contribution >= 0.6 is 0 Å². The summed E-state index contributed by atoms with van der Waals surface area (Å²) < 4.78 is 5.04. The van der Waals surface area contributed by atoms with Crippen LogP contribution in [0.5, 0.6) is 0 Å². The molecule has 16 heavy (non-hydrogen) atoms. The Morgan fingerprint density at radius 1 is 1.38 bits per heavy atom. The van der Waals surface area contributed by atoms with Crippen molar-refractivity contribution in [2.75, 3.05) is 0 Å². The molecule has 0 spiro atoms. The van der Waals surface area contributed by atoms with Gasteiger partial charge in [-0.2, -0.15) is 0 Å². The maximum Gasteiger partial charge on any atom is 0.408 e. The lowest BCUT2D eigenvalue weighted by Gasteiger charge is -2.28. The molecule has 0 aliphatic rings. The van der Waals surface area contributed by atoms with Gasteiger partial charge in [0, 0.05) is 0 Å². The molecule has 0 saturated carbocycles. The molecule has 0 aliphatic carbocycles. The Balaban J connectivity index is 4.59. The van der Waals surface area contributed by atoms with Crippen LogP contribution in [0.1, 0.15) is 34.1 Å². The molecule has 0 aromatic carbocycles. The Morgan fingerprint density at radius 2 is 1.88 bits per heavy atom. The van der Waals surface area contributed by atoms with Crippen molar-refractivity contribution in [2.24, 2.45) is 5.73 Å². The molecule has 0 rings (SSSR count). The van der Waals surface area contributed by atoms with Crippen LogP contribution in [0.3, 0.4) is 0 Å². The van der Waals surface area contributed by atoms with Crippen LogP contribution in [0, 0.1) is 0 Å². The second kappa shape index (κ2) is 5.01. The number of primary amides is 1. The molecule has 0 aliphatic heterocycles. The van der Waals surface area contributed by atoms with E-state index in [4.69, 9.17) is 10.5 Å².